The van der Waals surface area contributed by atoms with E-state index in [1.54, 1.807) is 19.1 Å². The number of ether oxygens (including phenoxy) is 1. The maximum atomic E-state index is 13.6. The summed E-state index contributed by atoms with van der Waals surface area (Å²) in [7, 11) is 1.17. The number of aryl methyl sites for hydroxylation is 2. The van der Waals surface area contributed by atoms with Gasteiger partial charge in [0, 0.05) is 34.6 Å². The van der Waals surface area contributed by atoms with Crippen LogP contribution in [0.5, 0.6) is 0 Å². The van der Waals surface area contributed by atoms with E-state index >= 15 is 0 Å². The highest BCUT2D eigenvalue weighted by atomic mass is 19.3. The smallest absolute Gasteiger partial charge is 0.407 e. The van der Waals surface area contributed by atoms with E-state index in [-0.39, 0.29) is 47.6 Å². The van der Waals surface area contributed by atoms with Crippen molar-refractivity contribution in [3.8, 4) is 0 Å². The van der Waals surface area contributed by atoms with Gasteiger partial charge >= 0.3 is 11.8 Å². The van der Waals surface area contributed by atoms with E-state index in [2.05, 4.69) is 30.4 Å². The van der Waals surface area contributed by atoms with Gasteiger partial charge in [0.2, 0.25) is 12.3 Å². The summed E-state index contributed by atoms with van der Waals surface area (Å²) in [5.74, 6) is -1.88. The molecule has 6 rings (SSSR count). The van der Waals surface area contributed by atoms with Gasteiger partial charge in [-0.15, -0.1) is 0 Å². The second kappa shape index (κ2) is 9.52. The summed E-state index contributed by atoms with van der Waals surface area (Å²) in [6, 6.07) is 2.63. The first-order valence-corrected chi connectivity index (χ1v) is 12.8. The second-order valence-corrected chi connectivity index (χ2v) is 10.3. The van der Waals surface area contributed by atoms with Gasteiger partial charge in [0.15, 0.2) is 11.2 Å². The number of carbonyl (C=O) groups is 2. The Morgan fingerprint density at radius 1 is 1.29 bits per heavy atom. The van der Waals surface area contributed by atoms with E-state index in [0.29, 0.717) is 22.1 Å². The summed E-state index contributed by atoms with van der Waals surface area (Å²) in [5, 5.41) is 10.3. The molecule has 2 amide bonds. The molecule has 0 aromatic carbocycles. The van der Waals surface area contributed by atoms with Gasteiger partial charge < -0.3 is 21.1 Å². The number of nitrogens with zero attached hydrogens (tertiary/aromatic N) is 6. The summed E-state index contributed by atoms with van der Waals surface area (Å²) < 4.78 is 67.5. The fraction of sp³-hybridized carbons (Fsp3) is 0.462. The first-order valence-electron chi connectivity index (χ1n) is 14.8. The van der Waals surface area contributed by atoms with Gasteiger partial charge in [-0.25, -0.2) is 33.0 Å². The van der Waals surface area contributed by atoms with E-state index in [4.69, 9.17) is 11.2 Å². The largest absolute Gasteiger partial charge is 0.453 e. The number of nitrogens with one attached hydrogen (secondary N) is 2. The standard InChI is InChI=1S/C26H29F2N9O4/c1-12-15-6-7-19(33-22(15)37(34-12)26(23(29)38)10-16(26)21(27)28)32-20-9-17-18(11-30-20)35(2)25(40)36(17)14-5-4-13(8-14)31-24(39)41-3/h6-7,9,11,13-14,16,21H,4-5,8,10H2,1-3H3,(H2,29,38)(H,31,39)(H,30,32,33)/t13-,14-,16-,26+/m1/s1/i2D3,13D. The molecule has 13 nitrogen and oxygen atoms in total. The Hall–Kier alpha value is -4.56. The third kappa shape index (κ3) is 4.17. The average molecular weight is 574 g/mol. The highest BCUT2D eigenvalue weighted by Gasteiger charge is 2.66. The number of anilines is 2. The van der Waals surface area contributed by atoms with Crippen molar-refractivity contribution in [1.29, 1.82) is 0 Å². The number of alkyl halides is 2. The highest BCUT2D eigenvalue weighted by molar-refractivity contribution is 5.90. The van der Waals surface area contributed by atoms with Crippen LogP contribution in [0.2, 0.25) is 0 Å². The fourth-order valence-electron chi connectivity index (χ4n) is 5.72. The van der Waals surface area contributed by atoms with Crippen LogP contribution >= 0.6 is 0 Å². The number of alkyl carbamates (subject to hydrolysis) is 1. The molecule has 0 aliphatic heterocycles. The number of rotatable bonds is 7. The lowest BCUT2D eigenvalue weighted by atomic mass is 10.2. The highest BCUT2D eigenvalue weighted by Crippen LogP contribution is 2.54. The van der Waals surface area contributed by atoms with Crippen LogP contribution in [0.15, 0.2) is 29.2 Å². The Balaban J connectivity index is 1.40. The lowest BCUT2D eigenvalue weighted by molar-refractivity contribution is -0.124. The number of aromatic nitrogens is 6. The molecule has 0 spiro atoms. The minimum absolute atomic E-state index is 0.00991. The number of hydrogen-bond acceptors (Lipinski definition) is 8. The zero-order valence-electron chi connectivity index (χ0n) is 26.0. The van der Waals surface area contributed by atoms with Crippen molar-refractivity contribution in [2.75, 3.05) is 12.4 Å². The lowest BCUT2D eigenvalue weighted by Crippen LogP contribution is -2.38. The summed E-state index contributed by atoms with van der Waals surface area (Å²) in [6.45, 7) is -1.18. The number of nitrogens with two attached hydrogens (primary N) is 1. The fourth-order valence-corrected chi connectivity index (χ4v) is 5.72. The Kier molecular flexibility index (Phi) is 5.15. The maximum absolute atomic E-state index is 13.6. The second-order valence-electron chi connectivity index (χ2n) is 10.3. The van der Waals surface area contributed by atoms with E-state index in [1.807, 2.05) is 0 Å². The first kappa shape index (κ1) is 22.2. The molecule has 4 heterocycles. The van der Waals surface area contributed by atoms with Gasteiger partial charge in [-0.2, -0.15) is 5.10 Å². The number of carbonyl (C=O) groups excluding carboxylic acids is 2. The monoisotopic (exact) mass is 573 g/mol. The van der Waals surface area contributed by atoms with Gasteiger partial charge in [0.25, 0.3) is 0 Å². The zero-order valence-corrected chi connectivity index (χ0v) is 22.0. The molecule has 216 valence electrons. The van der Waals surface area contributed by atoms with Crippen LogP contribution < -0.4 is 22.1 Å². The van der Waals surface area contributed by atoms with Crippen molar-refractivity contribution in [3.05, 3.63) is 40.6 Å². The molecule has 0 radical (unpaired) electrons. The Morgan fingerprint density at radius 2 is 2.10 bits per heavy atom. The number of amides is 2. The third-order valence-corrected chi connectivity index (χ3v) is 7.92. The topological polar surface area (TPSA) is 164 Å². The number of primary amides is 1. The molecule has 4 atom stereocenters. The number of hydrogen-bond donors (Lipinski definition) is 3. The zero-order chi connectivity index (χ0) is 32.6. The van der Waals surface area contributed by atoms with Crippen LogP contribution in [0.3, 0.4) is 0 Å². The summed E-state index contributed by atoms with van der Waals surface area (Å²) in [5.41, 5.74) is 3.89. The molecule has 2 fully saturated rings. The van der Waals surface area contributed by atoms with Crippen molar-refractivity contribution in [2.45, 2.75) is 56.6 Å². The molecule has 0 bridgehead atoms. The molecule has 2 aliphatic carbocycles. The number of imidazole rings is 1. The summed E-state index contributed by atoms with van der Waals surface area (Å²) in [6.07, 6.45) is -2.05. The first-order chi connectivity index (χ1) is 21.1. The van der Waals surface area contributed by atoms with E-state index in [0.717, 1.165) is 4.68 Å². The van der Waals surface area contributed by atoms with Crippen molar-refractivity contribution in [2.24, 2.45) is 18.6 Å². The molecular formula is C26H29F2N9O4. The van der Waals surface area contributed by atoms with Gasteiger partial charge in [0.1, 0.15) is 11.6 Å². The van der Waals surface area contributed by atoms with Crippen molar-refractivity contribution in [3.63, 3.8) is 0 Å². The van der Waals surface area contributed by atoms with Crippen LogP contribution in [0.1, 0.15) is 42.9 Å². The van der Waals surface area contributed by atoms with Crippen LogP contribution in [-0.2, 0) is 22.0 Å². The van der Waals surface area contributed by atoms with Gasteiger partial charge in [0.05, 0.1) is 37.3 Å². The number of halogens is 2. The van der Waals surface area contributed by atoms with Crippen molar-refractivity contribution < 1.29 is 28.6 Å². The Labute approximate surface area is 237 Å². The van der Waals surface area contributed by atoms with Crippen LogP contribution in [0.25, 0.3) is 22.1 Å². The Morgan fingerprint density at radius 3 is 2.78 bits per heavy atom. The minimum Gasteiger partial charge on any atom is -0.453 e. The SMILES string of the molecule is [2H]C([2H])([2H])n1c(=O)n([C@@H]2CC[C@@]([2H])(NC(=O)OC)C2)c2cc(Nc3ccc4c(C)nn([C@@]5(C(N)=O)C[C@@H]5C(F)F)c4n3)ncc21. The van der Waals surface area contributed by atoms with Gasteiger partial charge in [-0.05, 0) is 44.7 Å². The molecule has 2 aliphatic rings. The lowest BCUT2D eigenvalue weighted by Gasteiger charge is -2.15. The average Bonchev–Trinajstić information content (AvgIpc) is 3.36. The predicted octanol–water partition coefficient (Wildman–Crippen LogP) is 2.45. The molecule has 4 aromatic rings. The molecule has 0 saturated heterocycles. The molecular weight excluding hydrogens is 540 g/mol. The van der Waals surface area contributed by atoms with Crippen molar-refractivity contribution in [1.82, 2.24) is 34.2 Å². The summed E-state index contributed by atoms with van der Waals surface area (Å²) in [4.78, 5) is 46.5. The minimum atomic E-state index is -2.84. The normalized spacial score (nSPS) is 27.3. The molecule has 15 heteroatoms. The molecule has 41 heavy (non-hydrogen) atoms. The Bertz CT molecular complexity index is 1930. The number of pyridine rings is 2. The maximum Gasteiger partial charge on any atom is 0.407 e. The molecule has 0 unspecified atom stereocenters. The van der Waals surface area contributed by atoms with Gasteiger partial charge in [-0.3, -0.25) is 13.9 Å². The quantitative estimate of drug-likeness (QED) is 0.303. The van der Waals surface area contributed by atoms with Crippen LogP contribution in [0.4, 0.5) is 25.2 Å². The molecule has 2 saturated carbocycles. The van der Waals surface area contributed by atoms with E-state index in [9.17, 15) is 23.2 Å². The summed E-state index contributed by atoms with van der Waals surface area (Å²) >= 11 is 0. The third-order valence-electron chi connectivity index (χ3n) is 7.92. The molecule has 4 N–H and O–H groups in total. The molecule has 4 aromatic heterocycles. The number of fused-ring (bicyclic) bond motifs is 2. The van der Waals surface area contributed by atoms with Crippen molar-refractivity contribution >= 4 is 45.7 Å². The van der Waals surface area contributed by atoms with Gasteiger partial charge in [-0.1, -0.05) is 0 Å². The van der Waals surface area contributed by atoms with E-state index < -0.39 is 54.6 Å². The van der Waals surface area contributed by atoms with Crippen LogP contribution in [0, 0.1) is 12.8 Å². The predicted molar refractivity (Wildman–Crippen MR) is 144 cm³/mol. The number of methoxy groups -OCH3 is 1. The van der Waals surface area contributed by atoms with Crippen LogP contribution in [-0.4, -0.2) is 60.4 Å². The van der Waals surface area contributed by atoms with E-state index in [1.165, 1.54) is 23.9 Å².